The summed E-state index contributed by atoms with van der Waals surface area (Å²) in [6.07, 6.45) is -1.98. The standard InChI is InChI=1S/C14H20O5/c1-17-13-7-11(16)14(12(8-15)19-13)18-9-10-5-3-2-4-6-10/h2-6,11-16H,7-9H2,1H3/t11-,12-,13+,14+/m1/s1. The molecule has 0 bridgehead atoms. The van der Waals surface area contributed by atoms with Crippen LogP contribution in [0, 0.1) is 0 Å². The maximum absolute atomic E-state index is 10.1. The van der Waals surface area contributed by atoms with Crippen molar-refractivity contribution in [2.45, 2.75) is 37.6 Å². The molecule has 0 amide bonds. The van der Waals surface area contributed by atoms with Crippen molar-refractivity contribution >= 4 is 0 Å². The number of ether oxygens (including phenoxy) is 3. The van der Waals surface area contributed by atoms with Crippen molar-refractivity contribution in [3.05, 3.63) is 35.9 Å². The van der Waals surface area contributed by atoms with Gasteiger partial charge in [0.05, 0.1) is 19.3 Å². The molecule has 1 aliphatic rings. The molecule has 0 saturated carbocycles. The van der Waals surface area contributed by atoms with Gasteiger partial charge in [0.2, 0.25) is 0 Å². The Morgan fingerprint density at radius 3 is 2.68 bits per heavy atom. The summed E-state index contributed by atoms with van der Waals surface area (Å²) in [6, 6.07) is 9.68. The molecule has 1 saturated heterocycles. The summed E-state index contributed by atoms with van der Waals surface area (Å²) in [5.74, 6) is 0. The summed E-state index contributed by atoms with van der Waals surface area (Å²) >= 11 is 0. The molecule has 5 nitrogen and oxygen atoms in total. The smallest absolute Gasteiger partial charge is 0.160 e. The van der Waals surface area contributed by atoms with Gasteiger partial charge < -0.3 is 24.4 Å². The zero-order valence-electron chi connectivity index (χ0n) is 10.9. The molecule has 1 aromatic rings. The van der Waals surface area contributed by atoms with Gasteiger partial charge in [0.1, 0.15) is 12.2 Å². The average molecular weight is 268 g/mol. The van der Waals surface area contributed by atoms with Gasteiger partial charge in [-0.25, -0.2) is 0 Å². The summed E-state index contributed by atoms with van der Waals surface area (Å²) in [6.45, 7) is 0.163. The minimum absolute atomic E-state index is 0.212. The third-order valence-electron chi connectivity index (χ3n) is 3.23. The van der Waals surface area contributed by atoms with E-state index in [4.69, 9.17) is 14.2 Å². The third kappa shape index (κ3) is 3.75. The number of rotatable bonds is 5. The Hall–Kier alpha value is -0.980. The Balaban J connectivity index is 1.94. The molecule has 0 aliphatic carbocycles. The van der Waals surface area contributed by atoms with Crippen molar-refractivity contribution in [3.8, 4) is 0 Å². The van der Waals surface area contributed by atoms with Crippen LogP contribution >= 0.6 is 0 Å². The predicted octanol–water partition coefficient (Wildman–Crippen LogP) is 0.686. The molecule has 0 unspecified atom stereocenters. The van der Waals surface area contributed by atoms with E-state index in [-0.39, 0.29) is 6.61 Å². The van der Waals surface area contributed by atoms with E-state index >= 15 is 0 Å². The molecular weight excluding hydrogens is 248 g/mol. The molecule has 5 heteroatoms. The van der Waals surface area contributed by atoms with Crippen molar-refractivity contribution in [3.63, 3.8) is 0 Å². The molecule has 2 N–H and O–H groups in total. The van der Waals surface area contributed by atoms with E-state index in [1.54, 1.807) is 0 Å². The fourth-order valence-electron chi connectivity index (χ4n) is 2.19. The highest BCUT2D eigenvalue weighted by Gasteiger charge is 2.38. The number of hydrogen-bond donors (Lipinski definition) is 2. The second kappa shape index (κ2) is 6.98. The minimum atomic E-state index is -0.709. The van der Waals surface area contributed by atoms with Gasteiger partial charge in [-0.2, -0.15) is 0 Å². The van der Waals surface area contributed by atoms with Crippen LogP contribution in [0.1, 0.15) is 12.0 Å². The summed E-state index contributed by atoms with van der Waals surface area (Å²) < 4.78 is 16.2. The summed E-state index contributed by atoms with van der Waals surface area (Å²) in [4.78, 5) is 0. The van der Waals surface area contributed by atoms with Crippen LogP contribution < -0.4 is 0 Å². The largest absolute Gasteiger partial charge is 0.394 e. The van der Waals surface area contributed by atoms with Crippen LogP contribution in [-0.2, 0) is 20.8 Å². The molecule has 0 spiro atoms. The lowest BCUT2D eigenvalue weighted by molar-refractivity contribution is -0.260. The van der Waals surface area contributed by atoms with Crippen LogP contribution in [0.3, 0.4) is 0 Å². The Morgan fingerprint density at radius 2 is 2.05 bits per heavy atom. The number of methoxy groups -OCH3 is 1. The van der Waals surface area contributed by atoms with E-state index in [9.17, 15) is 10.2 Å². The first-order chi connectivity index (χ1) is 9.24. The number of benzene rings is 1. The van der Waals surface area contributed by atoms with E-state index in [1.807, 2.05) is 30.3 Å². The molecule has 4 atom stereocenters. The molecule has 0 radical (unpaired) electrons. The van der Waals surface area contributed by atoms with E-state index in [0.717, 1.165) is 5.56 Å². The second-order valence-corrected chi connectivity index (χ2v) is 4.59. The summed E-state index contributed by atoms with van der Waals surface area (Å²) in [7, 11) is 1.51. The SMILES string of the molecule is CO[C@@H]1C[C@@H](O)[C@H](OCc2ccccc2)[C@@H](CO)O1. The van der Waals surface area contributed by atoms with Crippen LogP contribution in [0.25, 0.3) is 0 Å². The topological polar surface area (TPSA) is 68.2 Å². The Morgan fingerprint density at radius 1 is 1.32 bits per heavy atom. The van der Waals surface area contributed by atoms with Gasteiger partial charge in [-0.3, -0.25) is 0 Å². The first kappa shape index (κ1) is 14.4. The maximum atomic E-state index is 10.1. The van der Waals surface area contributed by atoms with Gasteiger partial charge in [0.25, 0.3) is 0 Å². The number of hydrogen-bond acceptors (Lipinski definition) is 5. The highest BCUT2D eigenvalue weighted by molar-refractivity contribution is 5.13. The van der Waals surface area contributed by atoms with Crippen LogP contribution in [0.2, 0.25) is 0 Å². The normalized spacial score (nSPS) is 31.3. The highest BCUT2D eigenvalue weighted by Crippen LogP contribution is 2.24. The van der Waals surface area contributed by atoms with Crippen LogP contribution in [0.4, 0.5) is 0 Å². The minimum Gasteiger partial charge on any atom is -0.394 e. The van der Waals surface area contributed by atoms with E-state index in [2.05, 4.69) is 0 Å². The molecule has 1 aliphatic heterocycles. The summed E-state index contributed by atoms with van der Waals surface area (Å²) in [5, 5.41) is 19.4. The van der Waals surface area contributed by atoms with Crippen LogP contribution in [0.15, 0.2) is 30.3 Å². The first-order valence-corrected chi connectivity index (χ1v) is 6.37. The summed E-state index contributed by atoms with van der Waals surface area (Å²) in [5.41, 5.74) is 1.01. The van der Waals surface area contributed by atoms with Gasteiger partial charge in [0, 0.05) is 13.5 Å². The molecule has 19 heavy (non-hydrogen) atoms. The van der Waals surface area contributed by atoms with Crippen molar-refractivity contribution in [1.82, 2.24) is 0 Å². The molecular formula is C14H20O5. The monoisotopic (exact) mass is 268 g/mol. The van der Waals surface area contributed by atoms with Crippen molar-refractivity contribution in [2.75, 3.05) is 13.7 Å². The van der Waals surface area contributed by atoms with Crippen LogP contribution in [-0.4, -0.2) is 48.5 Å². The zero-order chi connectivity index (χ0) is 13.7. The second-order valence-electron chi connectivity index (χ2n) is 4.59. The molecule has 1 fully saturated rings. The molecule has 1 aromatic carbocycles. The van der Waals surface area contributed by atoms with E-state index < -0.39 is 24.6 Å². The van der Waals surface area contributed by atoms with Crippen molar-refractivity contribution in [2.24, 2.45) is 0 Å². The molecule has 1 heterocycles. The van der Waals surface area contributed by atoms with Crippen LogP contribution in [0.5, 0.6) is 0 Å². The van der Waals surface area contributed by atoms with Gasteiger partial charge in [-0.1, -0.05) is 30.3 Å². The van der Waals surface area contributed by atoms with Crippen molar-refractivity contribution in [1.29, 1.82) is 0 Å². The van der Waals surface area contributed by atoms with Gasteiger partial charge in [-0.15, -0.1) is 0 Å². The third-order valence-corrected chi connectivity index (χ3v) is 3.23. The van der Waals surface area contributed by atoms with E-state index in [1.165, 1.54) is 7.11 Å². The lowest BCUT2D eigenvalue weighted by Crippen LogP contribution is -2.51. The quantitative estimate of drug-likeness (QED) is 0.822. The van der Waals surface area contributed by atoms with Gasteiger partial charge in [0.15, 0.2) is 6.29 Å². The fraction of sp³-hybridized carbons (Fsp3) is 0.571. The maximum Gasteiger partial charge on any atom is 0.160 e. The predicted molar refractivity (Wildman–Crippen MR) is 68.4 cm³/mol. The van der Waals surface area contributed by atoms with Gasteiger partial charge >= 0.3 is 0 Å². The Kier molecular flexibility index (Phi) is 5.30. The van der Waals surface area contributed by atoms with Crippen molar-refractivity contribution < 1.29 is 24.4 Å². The molecule has 2 rings (SSSR count). The lowest BCUT2D eigenvalue weighted by Gasteiger charge is -2.38. The highest BCUT2D eigenvalue weighted by atomic mass is 16.7. The average Bonchev–Trinajstić information content (AvgIpc) is 2.46. The number of aliphatic hydroxyl groups is 2. The fourth-order valence-corrected chi connectivity index (χ4v) is 2.19. The Labute approximate surface area is 112 Å². The first-order valence-electron chi connectivity index (χ1n) is 6.37. The Bertz CT molecular complexity index is 369. The molecule has 106 valence electrons. The lowest BCUT2D eigenvalue weighted by atomic mass is 10.0. The van der Waals surface area contributed by atoms with E-state index in [0.29, 0.717) is 13.0 Å². The number of aliphatic hydroxyl groups excluding tert-OH is 2. The zero-order valence-corrected chi connectivity index (χ0v) is 10.9. The van der Waals surface area contributed by atoms with Gasteiger partial charge in [-0.05, 0) is 5.56 Å². The molecule has 0 aromatic heterocycles.